The lowest BCUT2D eigenvalue weighted by molar-refractivity contribution is -0.322. The molecule has 2 N–H and O–H groups in total. The van der Waals surface area contributed by atoms with Gasteiger partial charge >= 0.3 is 0 Å². The SMILES string of the molecule is Nc1cnn(C2CCOOC2)c1. The first-order valence-corrected chi connectivity index (χ1v) is 3.90. The summed E-state index contributed by atoms with van der Waals surface area (Å²) in [4.78, 5) is 9.60. The van der Waals surface area contributed by atoms with E-state index in [0.29, 0.717) is 18.9 Å². The van der Waals surface area contributed by atoms with Gasteiger partial charge in [0.05, 0.1) is 24.5 Å². The topological polar surface area (TPSA) is 62.3 Å². The molecule has 2 heterocycles. The molecule has 2 rings (SSSR count). The van der Waals surface area contributed by atoms with Crippen molar-refractivity contribution in [3.8, 4) is 0 Å². The van der Waals surface area contributed by atoms with Crippen LogP contribution in [0, 0.1) is 0 Å². The van der Waals surface area contributed by atoms with Gasteiger partial charge in [-0.3, -0.25) is 4.68 Å². The Bertz CT molecular complexity index is 255. The Morgan fingerprint density at radius 3 is 3.08 bits per heavy atom. The van der Waals surface area contributed by atoms with Crippen LogP contribution in [-0.4, -0.2) is 23.0 Å². The summed E-state index contributed by atoms with van der Waals surface area (Å²) in [5.74, 6) is 0. The fourth-order valence-electron chi connectivity index (χ4n) is 1.21. The highest BCUT2D eigenvalue weighted by Crippen LogP contribution is 2.16. The number of hydrogen-bond acceptors (Lipinski definition) is 4. The molecule has 1 aromatic rings. The lowest BCUT2D eigenvalue weighted by atomic mass is 10.2. The van der Waals surface area contributed by atoms with E-state index in [0.717, 1.165) is 6.42 Å². The second-order valence-electron chi connectivity index (χ2n) is 2.80. The minimum Gasteiger partial charge on any atom is -0.396 e. The average molecular weight is 169 g/mol. The molecular weight excluding hydrogens is 158 g/mol. The highest BCUT2D eigenvalue weighted by molar-refractivity contribution is 5.30. The quantitative estimate of drug-likeness (QED) is 0.616. The van der Waals surface area contributed by atoms with Gasteiger partial charge in [0, 0.05) is 6.20 Å². The smallest absolute Gasteiger partial charge is 0.105 e. The van der Waals surface area contributed by atoms with Gasteiger partial charge in [-0.1, -0.05) is 0 Å². The van der Waals surface area contributed by atoms with Crippen LogP contribution in [0.15, 0.2) is 12.4 Å². The molecule has 0 spiro atoms. The van der Waals surface area contributed by atoms with Crippen LogP contribution in [0.4, 0.5) is 5.69 Å². The van der Waals surface area contributed by atoms with Crippen molar-refractivity contribution >= 4 is 5.69 Å². The zero-order valence-electron chi connectivity index (χ0n) is 6.64. The Labute approximate surface area is 70.0 Å². The van der Waals surface area contributed by atoms with Crippen molar-refractivity contribution in [1.29, 1.82) is 0 Å². The first-order valence-electron chi connectivity index (χ1n) is 3.90. The van der Waals surface area contributed by atoms with Gasteiger partial charge in [-0.15, -0.1) is 0 Å². The molecule has 0 aromatic carbocycles. The van der Waals surface area contributed by atoms with Crippen LogP contribution in [-0.2, 0) is 9.78 Å². The van der Waals surface area contributed by atoms with Crippen LogP contribution in [0.2, 0.25) is 0 Å². The molecular formula is C7H11N3O2. The number of nitrogens with zero attached hydrogens (tertiary/aromatic N) is 2. The Morgan fingerprint density at radius 2 is 2.50 bits per heavy atom. The number of anilines is 1. The fourth-order valence-corrected chi connectivity index (χ4v) is 1.21. The fraction of sp³-hybridized carbons (Fsp3) is 0.571. The predicted molar refractivity (Wildman–Crippen MR) is 42.2 cm³/mol. The van der Waals surface area contributed by atoms with E-state index in [9.17, 15) is 0 Å². The van der Waals surface area contributed by atoms with Crippen molar-refractivity contribution < 1.29 is 9.78 Å². The number of rotatable bonds is 1. The second-order valence-corrected chi connectivity index (χ2v) is 2.80. The molecule has 0 aliphatic carbocycles. The molecule has 5 nitrogen and oxygen atoms in total. The minimum atomic E-state index is 0.260. The van der Waals surface area contributed by atoms with E-state index >= 15 is 0 Å². The zero-order valence-corrected chi connectivity index (χ0v) is 6.64. The van der Waals surface area contributed by atoms with Gasteiger partial charge in [0.15, 0.2) is 0 Å². The van der Waals surface area contributed by atoms with E-state index < -0.39 is 0 Å². The van der Waals surface area contributed by atoms with E-state index in [1.165, 1.54) is 0 Å². The molecule has 0 bridgehead atoms. The standard InChI is InChI=1S/C7H11N3O2/c8-6-3-9-10(4-6)7-1-2-11-12-5-7/h3-4,7H,1-2,5,8H2. The summed E-state index contributed by atoms with van der Waals surface area (Å²) in [6.45, 7) is 1.16. The molecule has 1 aliphatic rings. The lowest BCUT2D eigenvalue weighted by Gasteiger charge is -2.21. The summed E-state index contributed by atoms with van der Waals surface area (Å²) in [5.41, 5.74) is 6.21. The highest BCUT2D eigenvalue weighted by atomic mass is 17.2. The van der Waals surface area contributed by atoms with E-state index in [4.69, 9.17) is 15.5 Å². The zero-order chi connectivity index (χ0) is 8.39. The van der Waals surface area contributed by atoms with Gasteiger partial charge in [-0.25, -0.2) is 9.78 Å². The van der Waals surface area contributed by atoms with Crippen LogP contribution in [0.25, 0.3) is 0 Å². The first kappa shape index (κ1) is 7.57. The average Bonchev–Trinajstić information content (AvgIpc) is 2.54. The molecule has 1 saturated heterocycles. The van der Waals surface area contributed by atoms with E-state index in [1.807, 2.05) is 4.68 Å². The maximum Gasteiger partial charge on any atom is 0.105 e. The predicted octanol–water partition coefficient (Wildman–Crippen LogP) is 0.358. The summed E-state index contributed by atoms with van der Waals surface area (Å²) in [6.07, 6.45) is 4.36. The largest absolute Gasteiger partial charge is 0.396 e. The van der Waals surface area contributed by atoms with Gasteiger partial charge in [0.2, 0.25) is 0 Å². The van der Waals surface area contributed by atoms with Crippen LogP contribution >= 0.6 is 0 Å². The summed E-state index contributed by atoms with van der Waals surface area (Å²) < 4.78 is 1.82. The summed E-state index contributed by atoms with van der Waals surface area (Å²) in [5, 5.41) is 4.10. The van der Waals surface area contributed by atoms with Crippen molar-refractivity contribution in [2.24, 2.45) is 0 Å². The number of nitrogens with two attached hydrogens (primary N) is 1. The summed E-state index contributed by atoms with van der Waals surface area (Å²) >= 11 is 0. The van der Waals surface area contributed by atoms with Crippen LogP contribution in [0.3, 0.4) is 0 Å². The van der Waals surface area contributed by atoms with Gasteiger partial charge in [0.25, 0.3) is 0 Å². The Kier molecular flexibility index (Phi) is 1.97. The molecule has 66 valence electrons. The van der Waals surface area contributed by atoms with Gasteiger partial charge < -0.3 is 5.73 Å². The molecule has 1 atom stereocenters. The second kappa shape index (κ2) is 3.12. The molecule has 1 unspecified atom stereocenters. The van der Waals surface area contributed by atoms with Crippen LogP contribution in [0.1, 0.15) is 12.5 Å². The van der Waals surface area contributed by atoms with Gasteiger partial charge in [-0.05, 0) is 6.42 Å². The van der Waals surface area contributed by atoms with Crippen molar-refractivity contribution in [2.45, 2.75) is 12.5 Å². The molecule has 1 aromatic heterocycles. The van der Waals surface area contributed by atoms with Crippen LogP contribution < -0.4 is 5.73 Å². The molecule has 1 fully saturated rings. The lowest BCUT2D eigenvalue weighted by Crippen LogP contribution is -2.23. The number of nitrogen functional groups attached to an aromatic ring is 1. The monoisotopic (exact) mass is 169 g/mol. The molecule has 5 heteroatoms. The first-order chi connectivity index (χ1) is 5.86. The van der Waals surface area contributed by atoms with Crippen molar-refractivity contribution in [1.82, 2.24) is 9.78 Å². The maximum atomic E-state index is 5.53. The van der Waals surface area contributed by atoms with Gasteiger partial charge in [0.1, 0.15) is 6.61 Å². The van der Waals surface area contributed by atoms with Crippen molar-refractivity contribution in [3.63, 3.8) is 0 Å². The highest BCUT2D eigenvalue weighted by Gasteiger charge is 2.16. The molecule has 0 radical (unpaired) electrons. The third-order valence-corrected chi connectivity index (χ3v) is 1.87. The Hall–Kier alpha value is -1.07. The third-order valence-electron chi connectivity index (χ3n) is 1.87. The van der Waals surface area contributed by atoms with Crippen molar-refractivity contribution in [2.75, 3.05) is 18.9 Å². The molecule has 12 heavy (non-hydrogen) atoms. The number of hydrogen-bond donors (Lipinski definition) is 1. The van der Waals surface area contributed by atoms with E-state index in [2.05, 4.69) is 5.10 Å². The van der Waals surface area contributed by atoms with E-state index in [1.54, 1.807) is 12.4 Å². The van der Waals surface area contributed by atoms with E-state index in [-0.39, 0.29) is 6.04 Å². The van der Waals surface area contributed by atoms with Crippen LogP contribution in [0.5, 0.6) is 0 Å². The maximum absolute atomic E-state index is 5.53. The Morgan fingerprint density at radius 1 is 1.58 bits per heavy atom. The van der Waals surface area contributed by atoms with Crippen molar-refractivity contribution in [3.05, 3.63) is 12.4 Å². The molecule has 1 aliphatic heterocycles. The minimum absolute atomic E-state index is 0.260. The molecule has 0 saturated carbocycles. The summed E-state index contributed by atoms with van der Waals surface area (Å²) in [6, 6.07) is 0.260. The Balaban J connectivity index is 2.08. The number of aromatic nitrogens is 2. The summed E-state index contributed by atoms with van der Waals surface area (Å²) in [7, 11) is 0. The third kappa shape index (κ3) is 1.41. The normalized spacial score (nSPS) is 24.2. The molecule has 0 amide bonds. The van der Waals surface area contributed by atoms with Gasteiger partial charge in [-0.2, -0.15) is 5.10 Å².